The van der Waals surface area contributed by atoms with Crippen molar-refractivity contribution in [2.75, 3.05) is 0 Å². The minimum atomic E-state index is -0.438. The number of nitrogens with one attached hydrogen (secondary N) is 2. The van der Waals surface area contributed by atoms with E-state index in [9.17, 15) is 9.59 Å². The fourth-order valence-corrected chi connectivity index (χ4v) is 2.31. The maximum Gasteiger partial charge on any atom is 0.257 e. The van der Waals surface area contributed by atoms with Crippen LogP contribution in [0.25, 0.3) is 10.9 Å². The van der Waals surface area contributed by atoms with Crippen LogP contribution in [0.3, 0.4) is 0 Å². The van der Waals surface area contributed by atoms with E-state index < -0.39 is 5.91 Å². The molecular weight excluding hydrogens is 302 g/mol. The smallest absolute Gasteiger partial charge is 0.257 e. The number of fused-ring (bicyclic) bond motifs is 1. The first-order chi connectivity index (χ1) is 10.6. The van der Waals surface area contributed by atoms with Gasteiger partial charge in [0, 0.05) is 41.1 Å². The highest BCUT2D eigenvalue weighted by atomic mass is 35.5. The molecule has 1 amide bonds. The quantitative estimate of drug-likeness (QED) is 0.780. The Labute approximate surface area is 131 Å². The Morgan fingerprint density at radius 1 is 1.32 bits per heavy atom. The van der Waals surface area contributed by atoms with E-state index in [1.807, 2.05) is 6.07 Å². The molecule has 0 fully saturated rings. The largest absolute Gasteiger partial charge is 0.360 e. The van der Waals surface area contributed by atoms with Crippen LogP contribution in [0.1, 0.15) is 15.9 Å². The monoisotopic (exact) mass is 313 g/mol. The summed E-state index contributed by atoms with van der Waals surface area (Å²) in [5, 5.41) is 3.54. The van der Waals surface area contributed by atoms with E-state index in [-0.39, 0.29) is 11.0 Å². The van der Waals surface area contributed by atoms with Crippen LogP contribution < -0.4 is 10.7 Å². The second-order valence-electron chi connectivity index (χ2n) is 4.77. The number of benzene rings is 1. The van der Waals surface area contributed by atoms with Gasteiger partial charge in [0.2, 0.25) is 5.43 Å². The topological polar surface area (TPSA) is 74.8 Å². The first kappa shape index (κ1) is 14.3. The maximum absolute atomic E-state index is 12.4. The van der Waals surface area contributed by atoms with Crippen molar-refractivity contribution in [3.05, 3.63) is 75.3 Å². The third-order valence-electron chi connectivity index (χ3n) is 3.26. The highest BCUT2D eigenvalue weighted by Crippen LogP contribution is 2.15. The van der Waals surface area contributed by atoms with Gasteiger partial charge in [0.1, 0.15) is 5.56 Å². The molecule has 0 saturated carbocycles. The maximum atomic E-state index is 12.4. The average Bonchev–Trinajstić information content (AvgIpc) is 2.54. The van der Waals surface area contributed by atoms with Gasteiger partial charge in [-0.2, -0.15) is 0 Å². The van der Waals surface area contributed by atoms with Gasteiger partial charge in [0.15, 0.2) is 0 Å². The molecule has 1 aromatic carbocycles. The molecule has 0 saturated heterocycles. The SMILES string of the molecule is O=C(NCc1cccnc1)c1c[nH]c2ccc(Cl)cc2c1=O. The predicted octanol–water partition coefficient (Wildman–Crippen LogP) is 2.51. The number of nitrogens with zero attached hydrogens (tertiary/aromatic N) is 1. The molecule has 0 bridgehead atoms. The molecule has 0 aliphatic heterocycles. The number of pyridine rings is 2. The molecule has 0 atom stereocenters. The van der Waals surface area contributed by atoms with E-state index in [1.54, 1.807) is 36.7 Å². The van der Waals surface area contributed by atoms with Crippen molar-refractivity contribution >= 4 is 28.4 Å². The van der Waals surface area contributed by atoms with Crippen LogP contribution in [0.15, 0.2) is 53.7 Å². The normalized spacial score (nSPS) is 10.6. The van der Waals surface area contributed by atoms with Gasteiger partial charge in [0.05, 0.1) is 0 Å². The second-order valence-corrected chi connectivity index (χ2v) is 5.20. The van der Waals surface area contributed by atoms with E-state index in [4.69, 9.17) is 11.6 Å². The van der Waals surface area contributed by atoms with Gasteiger partial charge in [-0.15, -0.1) is 0 Å². The van der Waals surface area contributed by atoms with Crippen LogP contribution in [-0.4, -0.2) is 15.9 Å². The van der Waals surface area contributed by atoms with Crippen molar-refractivity contribution in [1.29, 1.82) is 0 Å². The van der Waals surface area contributed by atoms with Crippen molar-refractivity contribution < 1.29 is 4.79 Å². The molecule has 0 unspecified atom stereocenters. The molecule has 22 heavy (non-hydrogen) atoms. The Morgan fingerprint density at radius 2 is 2.18 bits per heavy atom. The molecule has 6 heteroatoms. The Hall–Kier alpha value is -2.66. The van der Waals surface area contributed by atoms with Gasteiger partial charge in [-0.1, -0.05) is 17.7 Å². The van der Waals surface area contributed by atoms with Gasteiger partial charge in [-0.25, -0.2) is 0 Å². The lowest BCUT2D eigenvalue weighted by molar-refractivity contribution is 0.0949. The number of halogens is 1. The number of H-pyrrole nitrogens is 1. The Kier molecular flexibility index (Phi) is 3.89. The average molecular weight is 314 g/mol. The van der Waals surface area contributed by atoms with Crippen LogP contribution in [0, 0.1) is 0 Å². The van der Waals surface area contributed by atoms with Gasteiger partial charge in [-0.3, -0.25) is 14.6 Å². The molecule has 0 aliphatic rings. The summed E-state index contributed by atoms with van der Waals surface area (Å²) in [6.07, 6.45) is 4.73. The molecule has 2 N–H and O–H groups in total. The lowest BCUT2D eigenvalue weighted by Gasteiger charge is -2.06. The predicted molar refractivity (Wildman–Crippen MR) is 85.0 cm³/mol. The zero-order valence-electron chi connectivity index (χ0n) is 11.5. The number of hydrogen-bond acceptors (Lipinski definition) is 3. The number of carbonyl (C=O) groups is 1. The summed E-state index contributed by atoms with van der Waals surface area (Å²) in [6, 6.07) is 8.57. The van der Waals surface area contributed by atoms with Crippen molar-refractivity contribution in [2.45, 2.75) is 6.54 Å². The summed E-state index contributed by atoms with van der Waals surface area (Å²) in [5.41, 5.74) is 1.20. The molecule has 2 aromatic heterocycles. The fourth-order valence-electron chi connectivity index (χ4n) is 2.14. The molecule has 0 radical (unpaired) electrons. The first-order valence-corrected chi connectivity index (χ1v) is 7.01. The summed E-state index contributed by atoms with van der Waals surface area (Å²) in [7, 11) is 0. The summed E-state index contributed by atoms with van der Waals surface area (Å²) < 4.78 is 0. The van der Waals surface area contributed by atoms with Crippen LogP contribution >= 0.6 is 11.6 Å². The number of amides is 1. The fraction of sp³-hybridized carbons (Fsp3) is 0.0625. The molecule has 0 aliphatic carbocycles. The molecular formula is C16H12ClN3O2. The number of carbonyl (C=O) groups excluding carboxylic acids is 1. The summed E-state index contributed by atoms with van der Waals surface area (Å²) >= 11 is 5.90. The molecule has 3 rings (SSSR count). The van der Waals surface area contributed by atoms with Crippen molar-refractivity contribution in [3.8, 4) is 0 Å². The Bertz CT molecular complexity index is 891. The Balaban J connectivity index is 1.88. The van der Waals surface area contributed by atoms with E-state index in [2.05, 4.69) is 15.3 Å². The molecule has 5 nitrogen and oxygen atoms in total. The number of rotatable bonds is 3. The highest BCUT2D eigenvalue weighted by molar-refractivity contribution is 6.31. The second kappa shape index (κ2) is 5.99. The molecule has 3 aromatic rings. The van der Waals surface area contributed by atoms with Gasteiger partial charge >= 0.3 is 0 Å². The Morgan fingerprint density at radius 3 is 2.95 bits per heavy atom. The van der Waals surface area contributed by atoms with Crippen LogP contribution in [-0.2, 0) is 6.54 Å². The third kappa shape index (κ3) is 2.84. The number of aromatic amines is 1. The van der Waals surface area contributed by atoms with E-state index in [1.165, 1.54) is 6.20 Å². The summed E-state index contributed by atoms with van der Waals surface area (Å²) in [4.78, 5) is 31.5. The van der Waals surface area contributed by atoms with E-state index in [0.29, 0.717) is 22.5 Å². The highest BCUT2D eigenvalue weighted by Gasteiger charge is 2.13. The van der Waals surface area contributed by atoms with Gasteiger partial charge in [0.25, 0.3) is 5.91 Å². The van der Waals surface area contributed by atoms with Crippen LogP contribution in [0.2, 0.25) is 5.02 Å². The zero-order valence-corrected chi connectivity index (χ0v) is 12.2. The van der Waals surface area contributed by atoms with Crippen LogP contribution in [0.5, 0.6) is 0 Å². The van der Waals surface area contributed by atoms with Gasteiger partial charge in [-0.05, 0) is 29.8 Å². The number of aromatic nitrogens is 2. The van der Waals surface area contributed by atoms with Crippen molar-refractivity contribution in [3.63, 3.8) is 0 Å². The zero-order chi connectivity index (χ0) is 15.5. The minimum absolute atomic E-state index is 0.0543. The number of hydrogen-bond donors (Lipinski definition) is 2. The molecule has 0 spiro atoms. The molecule has 2 heterocycles. The standard InChI is InChI=1S/C16H12ClN3O2/c17-11-3-4-14-12(6-11)15(21)13(9-19-14)16(22)20-8-10-2-1-5-18-7-10/h1-7,9H,8H2,(H,19,21)(H,20,22). The van der Waals surface area contributed by atoms with E-state index >= 15 is 0 Å². The van der Waals surface area contributed by atoms with E-state index in [0.717, 1.165) is 5.56 Å². The first-order valence-electron chi connectivity index (χ1n) is 6.63. The molecule has 110 valence electrons. The minimum Gasteiger partial charge on any atom is -0.360 e. The van der Waals surface area contributed by atoms with Crippen molar-refractivity contribution in [2.24, 2.45) is 0 Å². The summed E-state index contributed by atoms with van der Waals surface area (Å²) in [6.45, 7) is 0.305. The van der Waals surface area contributed by atoms with Crippen LogP contribution in [0.4, 0.5) is 0 Å². The van der Waals surface area contributed by atoms with Gasteiger partial charge < -0.3 is 10.3 Å². The van der Waals surface area contributed by atoms with Crippen molar-refractivity contribution in [1.82, 2.24) is 15.3 Å². The lowest BCUT2D eigenvalue weighted by atomic mass is 10.1. The third-order valence-corrected chi connectivity index (χ3v) is 3.50. The lowest BCUT2D eigenvalue weighted by Crippen LogP contribution is -2.28. The summed E-state index contributed by atoms with van der Waals surface area (Å²) in [5.74, 6) is -0.438.